The summed E-state index contributed by atoms with van der Waals surface area (Å²) in [4.78, 5) is 13.9. The molecule has 1 heterocycles. The number of carboxylic acid groups (broad SMARTS) is 1. The van der Waals surface area contributed by atoms with Gasteiger partial charge in [-0.3, -0.25) is 0 Å². The van der Waals surface area contributed by atoms with Crippen molar-refractivity contribution in [2.45, 2.75) is 5.03 Å². The molecule has 1 rings (SSSR count). The fourth-order valence-corrected chi connectivity index (χ4v) is 1.45. The van der Waals surface area contributed by atoms with E-state index in [4.69, 9.17) is 5.11 Å². The summed E-state index contributed by atoms with van der Waals surface area (Å²) in [5.74, 6) is -1.48. The largest absolute Gasteiger partial charge is 0.610 e. The number of carbonyl (C=O) groups is 1. The number of carboxylic acids is 1. The lowest BCUT2D eigenvalue weighted by molar-refractivity contribution is -0.134. The van der Waals surface area contributed by atoms with Crippen molar-refractivity contribution in [1.82, 2.24) is 4.98 Å². The maximum absolute atomic E-state index is 11.1. The fourth-order valence-electron chi connectivity index (χ4n) is 0.668. The van der Waals surface area contributed by atoms with Crippen molar-refractivity contribution in [3.8, 4) is 0 Å². The predicted octanol–water partition coefficient (Wildman–Crippen LogP) is 0.274. The van der Waals surface area contributed by atoms with E-state index >= 15 is 0 Å². The highest BCUT2D eigenvalue weighted by molar-refractivity contribution is 7.92. The van der Waals surface area contributed by atoms with Gasteiger partial charge in [0.05, 0.1) is 0 Å². The summed E-state index contributed by atoms with van der Waals surface area (Å²) in [6.45, 7) is 0. The van der Waals surface area contributed by atoms with Crippen molar-refractivity contribution >= 4 is 17.1 Å². The van der Waals surface area contributed by atoms with E-state index in [2.05, 4.69) is 4.98 Å². The van der Waals surface area contributed by atoms with Crippen molar-refractivity contribution < 1.29 is 14.5 Å². The van der Waals surface area contributed by atoms with Gasteiger partial charge in [0.2, 0.25) is 10.8 Å². The lowest BCUT2D eigenvalue weighted by atomic mass is 10.5. The van der Waals surface area contributed by atoms with E-state index in [1.807, 2.05) is 0 Å². The number of aliphatic carboxylic acids is 1. The smallest absolute Gasteiger partial charge is 0.354 e. The van der Waals surface area contributed by atoms with E-state index in [1.54, 1.807) is 18.2 Å². The molecule has 1 aromatic rings. The van der Waals surface area contributed by atoms with Gasteiger partial charge in [-0.25, -0.2) is 9.78 Å². The lowest BCUT2D eigenvalue weighted by Gasteiger charge is -2.04. The molecule has 0 aliphatic carbocycles. The summed E-state index contributed by atoms with van der Waals surface area (Å²) >= 11 is -1.52. The second-order valence-corrected chi connectivity index (χ2v) is 3.45. The SMILES string of the molecule is O=C(O)C[S+]([O-])c1ccccn1. The van der Waals surface area contributed by atoms with Crippen LogP contribution in [0, 0.1) is 0 Å². The van der Waals surface area contributed by atoms with Crippen molar-refractivity contribution in [2.75, 3.05) is 5.75 Å². The quantitative estimate of drug-likeness (QED) is 0.686. The molecule has 1 atom stereocenters. The first kappa shape index (κ1) is 9.02. The van der Waals surface area contributed by atoms with Gasteiger partial charge in [-0.05, 0) is 6.07 Å². The standard InChI is InChI=1S/C7H7NO3S/c9-7(10)5-12(11)6-3-1-2-4-8-6/h1-4H,5H2,(H,9,10). The number of hydrogen-bond donors (Lipinski definition) is 1. The zero-order valence-electron chi connectivity index (χ0n) is 6.14. The molecule has 0 aliphatic heterocycles. The van der Waals surface area contributed by atoms with Crippen LogP contribution >= 0.6 is 0 Å². The summed E-state index contributed by atoms with van der Waals surface area (Å²) in [7, 11) is 0. The maximum atomic E-state index is 11.1. The highest BCUT2D eigenvalue weighted by atomic mass is 32.2. The first-order chi connectivity index (χ1) is 5.70. The van der Waals surface area contributed by atoms with Crippen molar-refractivity contribution in [2.24, 2.45) is 0 Å². The molecule has 64 valence electrons. The van der Waals surface area contributed by atoms with E-state index in [9.17, 15) is 9.35 Å². The predicted molar refractivity (Wildman–Crippen MR) is 43.1 cm³/mol. The van der Waals surface area contributed by atoms with Crippen LogP contribution < -0.4 is 0 Å². The highest BCUT2D eigenvalue weighted by Gasteiger charge is 2.15. The third kappa shape index (κ3) is 2.52. The second-order valence-electron chi connectivity index (χ2n) is 2.05. The molecule has 5 heteroatoms. The Bertz CT molecular complexity index is 265. The summed E-state index contributed by atoms with van der Waals surface area (Å²) in [6.07, 6.45) is 1.48. The third-order valence-corrected chi connectivity index (χ3v) is 2.34. The molecule has 1 N–H and O–H groups in total. The molecule has 1 unspecified atom stereocenters. The fraction of sp³-hybridized carbons (Fsp3) is 0.143. The number of pyridine rings is 1. The normalized spacial score (nSPS) is 12.4. The summed E-state index contributed by atoms with van der Waals surface area (Å²) in [6, 6.07) is 4.89. The minimum Gasteiger partial charge on any atom is -0.610 e. The van der Waals surface area contributed by atoms with Crippen molar-refractivity contribution in [3.63, 3.8) is 0 Å². The van der Waals surface area contributed by atoms with Crippen LogP contribution in [0.15, 0.2) is 29.4 Å². The molecule has 0 fully saturated rings. The molecule has 0 radical (unpaired) electrons. The Kier molecular flexibility index (Phi) is 3.07. The zero-order chi connectivity index (χ0) is 8.97. The maximum Gasteiger partial charge on any atom is 0.354 e. The van der Waals surface area contributed by atoms with Crippen LogP contribution in [0.25, 0.3) is 0 Å². The van der Waals surface area contributed by atoms with E-state index in [0.717, 1.165) is 0 Å². The molecule has 4 nitrogen and oxygen atoms in total. The summed E-state index contributed by atoms with van der Waals surface area (Å²) in [5, 5.41) is 8.63. The first-order valence-electron chi connectivity index (χ1n) is 3.21. The Morgan fingerprint density at radius 3 is 2.92 bits per heavy atom. The van der Waals surface area contributed by atoms with Crippen LogP contribution in [-0.4, -0.2) is 26.4 Å². The van der Waals surface area contributed by atoms with Gasteiger partial charge in [0.15, 0.2) is 0 Å². The lowest BCUT2D eigenvalue weighted by Crippen LogP contribution is -2.16. The molecule has 1 aromatic heterocycles. The molecular formula is C7H7NO3S. The first-order valence-corrected chi connectivity index (χ1v) is 4.53. The van der Waals surface area contributed by atoms with E-state index < -0.39 is 22.9 Å². The Labute approximate surface area is 72.4 Å². The Hall–Kier alpha value is -1.07. The van der Waals surface area contributed by atoms with Gasteiger partial charge in [-0.2, -0.15) is 0 Å². The van der Waals surface area contributed by atoms with Crippen LogP contribution in [0.3, 0.4) is 0 Å². The number of rotatable bonds is 3. The van der Waals surface area contributed by atoms with Crippen LogP contribution in [0.2, 0.25) is 0 Å². The molecule has 0 aliphatic rings. The van der Waals surface area contributed by atoms with Gasteiger partial charge in [-0.1, -0.05) is 6.07 Å². The van der Waals surface area contributed by atoms with E-state index in [0.29, 0.717) is 5.03 Å². The van der Waals surface area contributed by atoms with Crippen LogP contribution in [0.5, 0.6) is 0 Å². The number of aromatic nitrogens is 1. The minimum atomic E-state index is -1.52. The molecule has 0 spiro atoms. The third-order valence-electron chi connectivity index (χ3n) is 1.13. The molecule has 0 saturated heterocycles. The molecule has 12 heavy (non-hydrogen) atoms. The number of nitrogens with zero attached hydrogens (tertiary/aromatic N) is 1. The van der Waals surface area contributed by atoms with E-state index in [-0.39, 0.29) is 0 Å². The Morgan fingerprint density at radius 2 is 2.42 bits per heavy atom. The van der Waals surface area contributed by atoms with Gasteiger partial charge >= 0.3 is 5.97 Å². The van der Waals surface area contributed by atoms with Gasteiger partial charge in [0.1, 0.15) is 0 Å². The van der Waals surface area contributed by atoms with Gasteiger partial charge in [-0.15, -0.1) is 0 Å². The van der Waals surface area contributed by atoms with Crippen molar-refractivity contribution in [1.29, 1.82) is 0 Å². The summed E-state index contributed by atoms with van der Waals surface area (Å²) in [5.41, 5.74) is 0. The van der Waals surface area contributed by atoms with Crippen LogP contribution in [0.1, 0.15) is 0 Å². The molecule has 0 aromatic carbocycles. The second kappa shape index (κ2) is 4.08. The van der Waals surface area contributed by atoms with Crippen LogP contribution in [0.4, 0.5) is 0 Å². The molecular weight excluding hydrogens is 178 g/mol. The monoisotopic (exact) mass is 185 g/mol. The minimum absolute atomic E-state index is 0.305. The van der Waals surface area contributed by atoms with Gasteiger partial charge < -0.3 is 9.66 Å². The van der Waals surface area contributed by atoms with Crippen molar-refractivity contribution in [3.05, 3.63) is 24.4 Å². The van der Waals surface area contributed by atoms with Crippen LogP contribution in [-0.2, 0) is 16.0 Å². The molecule has 0 bridgehead atoms. The van der Waals surface area contributed by atoms with E-state index in [1.165, 1.54) is 6.20 Å². The zero-order valence-corrected chi connectivity index (χ0v) is 6.95. The Morgan fingerprint density at radius 1 is 1.67 bits per heavy atom. The van der Waals surface area contributed by atoms with Gasteiger partial charge in [0.25, 0.3) is 0 Å². The topological polar surface area (TPSA) is 73.2 Å². The molecule has 0 amide bonds. The average Bonchev–Trinajstić information content (AvgIpc) is 2.05. The molecule has 0 saturated carbocycles. The highest BCUT2D eigenvalue weighted by Crippen LogP contribution is 2.05. The van der Waals surface area contributed by atoms with Gasteiger partial charge in [0, 0.05) is 23.4 Å². The average molecular weight is 185 g/mol. The number of hydrogen-bond acceptors (Lipinski definition) is 3. The Balaban J connectivity index is 2.65. The summed E-state index contributed by atoms with van der Waals surface area (Å²) < 4.78 is 11.1.